The van der Waals surface area contributed by atoms with Crippen molar-refractivity contribution in [2.24, 2.45) is 34.5 Å². The highest BCUT2D eigenvalue weighted by Crippen LogP contribution is 2.70. The van der Waals surface area contributed by atoms with Crippen LogP contribution >= 0.6 is 0 Å². The van der Waals surface area contributed by atoms with Gasteiger partial charge in [-0.15, -0.1) is 0 Å². The third-order valence-electron chi connectivity index (χ3n) is 12.2. The van der Waals surface area contributed by atoms with Gasteiger partial charge < -0.3 is 34.3 Å². The molecule has 0 aromatic heterocycles. The second kappa shape index (κ2) is 9.52. The van der Waals surface area contributed by atoms with Crippen LogP contribution in [0.25, 0.3) is 0 Å². The van der Waals surface area contributed by atoms with Gasteiger partial charge in [0.05, 0.1) is 30.0 Å². The molecule has 6 aliphatic rings. The van der Waals surface area contributed by atoms with E-state index in [1.807, 2.05) is 6.92 Å². The van der Waals surface area contributed by atoms with Crippen LogP contribution < -0.4 is 0 Å². The Morgan fingerprint density at radius 3 is 2.58 bits per heavy atom. The topological polar surface area (TPSA) is 115 Å². The molecule has 8 heteroatoms. The fourth-order valence-electron chi connectivity index (χ4n) is 10.1. The zero-order chi connectivity index (χ0) is 27.0. The first-order valence-electron chi connectivity index (χ1n) is 14.8. The number of ether oxygens (including phenoxy) is 4. The van der Waals surface area contributed by atoms with E-state index in [4.69, 9.17) is 18.9 Å². The average molecular weight is 535 g/mol. The van der Waals surface area contributed by atoms with Crippen molar-refractivity contribution in [1.82, 2.24) is 0 Å². The molecule has 0 amide bonds. The average Bonchev–Trinajstić information content (AvgIpc) is 3.41. The number of carbonyl (C=O) groups is 1. The summed E-state index contributed by atoms with van der Waals surface area (Å²) in [4.78, 5) is 11.8. The lowest BCUT2D eigenvalue weighted by Gasteiger charge is -2.65. The summed E-state index contributed by atoms with van der Waals surface area (Å²) in [7, 11) is 1.62. The van der Waals surface area contributed by atoms with Gasteiger partial charge in [-0.3, -0.25) is 0 Å². The predicted molar refractivity (Wildman–Crippen MR) is 138 cm³/mol. The van der Waals surface area contributed by atoms with Crippen molar-refractivity contribution < 1.29 is 39.1 Å². The molecule has 4 saturated carbocycles. The molecule has 0 spiro atoms. The molecule has 4 aliphatic carbocycles. The normalized spacial score (nSPS) is 54.5. The molecule has 0 bridgehead atoms. The summed E-state index contributed by atoms with van der Waals surface area (Å²) >= 11 is 0. The van der Waals surface area contributed by atoms with Gasteiger partial charge in [0.15, 0.2) is 6.29 Å². The van der Waals surface area contributed by atoms with Crippen molar-refractivity contribution >= 4 is 5.97 Å². The van der Waals surface area contributed by atoms with Gasteiger partial charge >= 0.3 is 5.97 Å². The highest BCUT2D eigenvalue weighted by Gasteiger charge is 2.70. The number of methoxy groups -OCH3 is 1. The molecule has 1 saturated heterocycles. The van der Waals surface area contributed by atoms with Gasteiger partial charge in [0.1, 0.15) is 12.7 Å². The number of aliphatic hydroxyl groups is 3. The third-order valence-corrected chi connectivity index (χ3v) is 12.2. The second-order valence-electron chi connectivity index (χ2n) is 13.7. The molecule has 3 N–H and O–H groups in total. The number of cyclic esters (lactones) is 1. The Morgan fingerprint density at radius 2 is 1.87 bits per heavy atom. The van der Waals surface area contributed by atoms with Crippen LogP contribution in [0.3, 0.4) is 0 Å². The maximum Gasteiger partial charge on any atom is 0.331 e. The summed E-state index contributed by atoms with van der Waals surface area (Å²) < 4.78 is 23.1. The van der Waals surface area contributed by atoms with Gasteiger partial charge in [-0.2, -0.15) is 0 Å². The van der Waals surface area contributed by atoms with Gasteiger partial charge in [-0.05, 0) is 93.0 Å². The van der Waals surface area contributed by atoms with E-state index in [0.717, 1.165) is 44.1 Å². The minimum atomic E-state index is -0.850. The van der Waals surface area contributed by atoms with Gasteiger partial charge in [0.25, 0.3) is 0 Å². The number of esters is 1. The highest BCUT2D eigenvalue weighted by atomic mass is 16.7. The van der Waals surface area contributed by atoms with Crippen LogP contribution in [-0.4, -0.2) is 77.4 Å². The summed E-state index contributed by atoms with van der Waals surface area (Å²) in [5.74, 6) is 0.285. The van der Waals surface area contributed by atoms with Crippen LogP contribution in [0.2, 0.25) is 0 Å². The Hall–Kier alpha value is -1.03. The van der Waals surface area contributed by atoms with Crippen molar-refractivity contribution in [2.45, 2.75) is 121 Å². The number of carbonyl (C=O) groups excluding carboxylic acids is 1. The van der Waals surface area contributed by atoms with E-state index >= 15 is 0 Å². The standard InChI is InChI=1S/C30H46O8/c1-16-27(33)23(35-4)13-25(37-16)38-19-7-9-28(2)18(12-19)5-6-21-26(28)22(31)14-29(3)20(8-10-30(21,29)34)17-11-24(32)36-15-17/h11,16,18-23,25-27,31,33-34H,5-10,12-15H2,1-4H3/t16-,18-,19-,20-,21+,22+,23+,25-,26+,27-,28+,29+,30+/m0/s1. The predicted octanol–water partition coefficient (Wildman–Crippen LogP) is 3.11. The van der Waals surface area contributed by atoms with E-state index in [-0.39, 0.29) is 53.7 Å². The number of hydrogen-bond donors (Lipinski definition) is 3. The van der Waals surface area contributed by atoms with Gasteiger partial charge in [-0.25, -0.2) is 4.79 Å². The monoisotopic (exact) mass is 534 g/mol. The Bertz CT molecular complexity index is 968. The smallest absolute Gasteiger partial charge is 0.331 e. The summed E-state index contributed by atoms with van der Waals surface area (Å²) in [6.45, 7) is 6.65. The van der Waals surface area contributed by atoms with E-state index in [9.17, 15) is 20.1 Å². The van der Waals surface area contributed by atoms with Crippen LogP contribution in [0.4, 0.5) is 0 Å². The van der Waals surface area contributed by atoms with Crippen molar-refractivity contribution in [2.75, 3.05) is 13.7 Å². The van der Waals surface area contributed by atoms with Gasteiger partial charge in [0, 0.05) is 25.0 Å². The molecule has 214 valence electrons. The zero-order valence-electron chi connectivity index (χ0n) is 23.3. The molecule has 0 aromatic carbocycles. The number of fused-ring (bicyclic) bond motifs is 5. The lowest BCUT2D eigenvalue weighted by molar-refractivity contribution is -0.278. The first kappa shape index (κ1) is 27.2. The van der Waals surface area contributed by atoms with Crippen molar-refractivity contribution in [3.63, 3.8) is 0 Å². The molecule has 2 heterocycles. The molecular formula is C30H46O8. The molecule has 8 nitrogen and oxygen atoms in total. The van der Waals surface area contributed by atoms with Gasteiger partial charge in [0.2, 0.25) is 0 Å². The minimum Gasteiger partial charge on any atom is -0.458 e. The first-order chi connectivity index (χ1) is 18.0. The van der Waals surface area contributed by atoms with E-state index in [1.165, 1.54) is 0 Å². The lowest BCUT2D eigenvalue weighted by atomic mass is 9.42. The Kier molecular flexibility index (Phi) is 6.80. The van der Waals surface area contributed by atoms with Crippen LogP contribution in [0.1, 0.15) is 78.6 Å². The Balaban J connectivity index is 1.18. The van der Waals surface area contributed by atoms with Gasteiger partial charge in [-0.1, -0.05) is 13.8 Å². The summed E-state index contributed by atoms with van der Waals surface area (Å²) in [6, 6.07) is 0. The summed E-state index contributed by atoms with van der Waals surface area (Å²) in [5, 5.41) is 34.5. The van der Waals surface area contributed by atoms with E-state index in [2.05, 4.69) is 13.8 Å². The number of hydrogen-bond acceptors (Lipinski definition) is 8. The van der Waals surface area contributed by atoms with Crippen LogP contribution in [0, 0.1) is 34.5 Å². The van der Waals surface area contributed by atoms with E-state index in [0.29, 0.717) is 31.8 Å². The summed E-state index contributed by atoms with van der Waals surface area (Å²) in [6.07, 6.45) is 6.83. The van der Waals surface area contributed by atoms with Crippen LogP contribution in [0.5, 0.6) is 0 Å². The van der Waals surface area contributed by atoms with Crippen molar-refractivity contribution in [3.05, 3.63) is 11.6 Å². The Morgan fingerprint density at radius 1 is 1.08 bits per heavy atom. The SMILES string of the molecule is CO[C@@H]1C[C@H](O[C@H]2CC[C@]3(C)[C@@H](CC[C@@H]4[C@@H]3[C@H](O)C[C@]3(C)[C@H](C5=CC(=O)OC5)CC[C@@]43O)C2)O[C@@H](C)[C@@H]1O. The van der Waals surface area contributed by atoms with Crippen molar-refractivity contribution in [3.8, 4) is 0 Å². The Labute approximate surface area is 226 Å². The third kappa shape index (κ3) is 3.96. The van der Waals surface area contributed by atoms with E-state index < -0.39 is 23.2 Å². The fourth-order valence-corrected chi connectivity index (χ4v) is 10.1. The van der Waals surface area contributed by atoms with Crippen LogP contribution in [0.15, 0.2) is 11.6 Å². The molecule has 0 radical (unpaired) electrons. The van der Waals surface area contributed by atoms with E-state index in [1.54, 1.807) is 13.2 Å². The molecule has 6 rings (SSSR count). The first-order valence-corrected chi connectivity index (χ1v) is 14.8. The number of aliphatic hydroxyl groups excluding tert-OH is 2. The molecule has 2 aliphatic heterocycles. The largest absolute Gasteiger partial charge is 0.458 e. The highest BCUT2D eigenvalue weighted by molar-refractivity contribution is 5.85. The zero-order valence-corrected chi connectivity index (χ0v) is 23.3. The quantitative estimate of drug-likeness (QED) is 0.372. The van der Waals surface area contributed by atoms with Crippen molar-refractivity contribution in [1.29, 1.82) is 0 Å². The lowest BCUT2D eigenvalue weighted by Crippen LogP contribution is -2.66. The van der Waals surface area contributed by atoms with Crippen LogP contribution in [-0.2, 0) is 23.7 Å². The molecule has 13 atom stereocenters. The maximum atomic E-state index is 12.4. The number of rotatable bonds is 4. The maximum absolute atomic E-state index is 12.4. The summed E-state index contributed by atoms with van der Waals surface area (Å²) in [5.41, 5.74) is -0.389. The molecule has 5 fully saturated rings. The molecule has 0 unspecified atom stereocenters. The molecule has 38 heavy (non-hydrogen) atoms. The molecule has 0 aromatic rings. The fraction of sp³-hybridized carbons (Fsp3) is 0.900. The minimum absolute atomic E-state index is 0.0464. The molecular weight excluding hydrogens is 488 g/mol. The second-order valence-corrected chi connectivity index (χ2v) is 13.7.